The van der Waals surface area contributed by atoms with Gasteiger partial charge in [0.1, 0.15) is 5.52 Å². The van der Waals surface area contributed by atoms with Crippen molar-refractivity contribution in [2.24, 2.45) is 0 Å². The van der Waals surface area contributed by atoms with Gasteiger partial charge in [0.25, 0.3) is 0 Å². The zero-order valence-electron chi connectivity index (χ0n) is 23.0. The molecular formula is C31H38N6. The molecule has 6 nitrogen and oxygen atoms in total. The number of hydrogen-bond acceptors (Lipinski definition) is 5. The summed E-state index contributed by atoms with van der Waals surface area (Å²) in [6, 6.07) is 11.3. The van der Waals surface area contributed by atoms with Crippen LogP contribution in [0.3, 0.4) is 0 Å². The van der Waals surface area contributed by atoms with E-state index in [4.69, 9.17) is 15.0 Å². The van der Waals surface area contributed by atoms with Crippen LogP contribution in [0.1, 0.15) is 81.4 Å². The van der Waals surface area contributed by atoms with Gasteiger partial charge in [0.05, 0.1) is 12.0 Å². The Labute approximate surface area is 220 Å². The number of nitrogens with zero attached hydrogens (tertiary/aromatic N) is 6. The quantitative estimate of drug-likeness (QED) is 0.310. The molecule has 0 saturated carbocycles. The molecule has 0 radical (unpaired) electrons. The summed E-state index contributed by atoms with van der Waals surface area (Å²) in [7, 11) is 0. The van der Waals surface area contributed by atoms with Crippen LogP contribution in [0.4, 0.5) is 5.95 Å². The molecule has 1 saturated heterocycles. The van der Waals surface area contributed by atoms with Crippen LogP contribution in [0, 0.1) is 6.92 Å². The summed E-state index contributed by atoms with van der Waals surface area (Å²) < 4.78 is 2.21. The van der Waals surface area contributed by atoms with E-state index in [1.54, 1.807) is 0 Å². The average Bonchev–Trinajstić information content (AvgIpc) is 3.31. The van der Waals surface area contributed by atoms with Gasteiger partial charge in [-0.15, -0.1) is 0 Å². The van der Waals surface area contributed by atoms with E-state index in [0.717, 1.165) is 55.2 Å². The highest BCUT2D eigenvalue weighted by Crippen LogP contribution is 2.30. The number of aryl methyl sites for hydroxylation is 1. The second-order valence-electron chi connectivity index (χ2n) is 11.5. The molecule has 37 heavy (non-hydrogen) atoms. The fraction of sp³-hybridized carbons (Fsp3) is 0.419. The molecule has 0 atom stereocenters. The number of pyridine rings is 1. The van der Waals surface area contributed by atoms with E-state index in [9.17, 15) is 0 Å². The Hall–Kier alpha value is -3.54. The van der Waals surface area contributed by atoms with Crippen molar-refractivity contribution in [3.63, 3.8) is 0 Å². The van der Waals surface area contributed by atoms with Gasteiger partial charge in [0, 0.05) is 37.9 Å². The Morgan fingerprint density at radius 2 is 1.73 bits per heavy atom. The second kappa shape index (κ2) is 10.1. The number of rotatable bonds is 5. The zero-order chi connectivity index (χ0) is 26.2. The van der Waals surface area contributed by atoms with Gasteiger partial charge < -0.3 is 9.47 Å². The van der Waals surface area contributed by atoms with E-state index in [-0.39, 0.29) is 11.5 Å². The molecule has 4 heterocycles. The summed E-state index contributed by atoms with van der Waals surface area (Å²) >= 11 is 0. The van der Waals surface area contributed by atoms with Gasteiger partial charge in [-0.25, -0.2) is 9.97 Å². The summed E-state index contributed by atoms with van der Waals surface area (Å²) in [5.74, 6) is 0.795. The summed E-state index contributed by atoms with van der Waals surface area (Å²) in [6.07, 6.45) is 10.7. The fourth-order valence-electron chi connectivity index (χ4n) is 5.00. The highest BCUT2D eigenvalue weighted by atomic mass is 15.3. The molecule has 3 aromatic heterocycles. The van der Waals surface area contributed by atoms with Gasteiger partial charge >= 0.3 is 0 Å². The van der Waals surface area contributed by atoms with E-state index in [2.05, 4.69) is 92.4 Å². The minimum atomic E-state index is 0.101. The Morgan fingerprint density at radius 3 is 2.41 bits per heavy atom. The van der Waals surface area contributed by atoms with E-state index >= 15 is 0 Å². The number of benzene rings is 1. The monoisotopic (exact) mass is 494 g/mol. The number of hydrogen-bond donors (Lipinski definition) is 0. The number of piperidine rings is 1. The third-order valence-electron chi connectivity index (χ3n) is 7.38. The van der Waals surface area contributed by atoms with Crippen molar-refractivity contribution < 1.29 is 0 Å². The van der Waals surface area contributed by atoms with Crippen molar-refractivity contribution in [1.82, 2.24) is 24.5 Å². The molecule has 0 spiro atoms. The van der Waals surface area contributed by atoms with Gasteiger partial charge in [0.2, 0.25) is 5.95 Å². The largest absolute Gasteiger partial charge is 0.340 e. The molecule has 0 N–H and O–H groups in total. The summed E-state index contributed by atoms with van der Waals surface area (Å²) in [6.45, 7) is 15.2. The van der Waals surface area contributed by atoms with Gasteiger partial charge in [-0.05, 0) is 73.4 Å². The highest BCUT2D eigenvalue weighted by molar-refractivity contribution is 5.76. The summed E-state index contributed by atoms with van der Waals surface area (Å²) in [5.41, 5.74) is 9.62. The van der Waals surface area contributed by atoms with Crippen LogP contribution < -0.4 is 4.90 Å². The van der Waals surface area contributed by atoms with Crippen LogP contribution in [-0.4, -0.2) is 37.6 Å². The first kappa shape index (κ1) is 25.1. The molecule has 192 valence electrons. The third-order valence-corrected chi connectivity index (χ3v) is 7.38. The number of fused-ring (bicyclic) bond motifs is 1. The highest BCUT2D eigenvalue weighted by Gasteiger charge is 2.22. The van der Waals surface area contributed by atoms with E-state index in [1.807, 2.05) is 18.7 Å². The smallest absolute Gasteiger partial charge is 0.227 e. The lowest BCUT2D eigenvalue weighted by atomic mass is 9.84. The molecule has 1 aliphatic heterocycles. The maximum Gasteiger partial charge on any atom is 0.227 e. The number of imidazole rings is 1. The van der Waals surface area contributed by atoms with Crippen molar-refractivity contribution in [2.45, 2.75) is 72.3 Å². The molecule has 0 unspecified atom stereocenters. The van der Waals surface area contributed by atoms with Gasteiger partial charge in [-0.3, -0.25) is 4.98 Å². The third kappa shape index (κ3) is 5.43. The summed E-state index contributed by atoms with van der Waals surface area (Å²) in [5, 5.41) is 0. The molecule has 0 amide bonds. The lowest BCUT2D eigenvalue weighted by molar-refractivity contribution is 0.589. The van der Waals surface area contributed by atoms with Gasteiger partial charge in [-0.1, -0.05) is 50.6 Å². The first-order valence-corrected chi connectivity index (χ1v) is 13.4. The summed E-state index contributed by atoms with van der Waals surface area (Å²) in [4.78, 5) is 21.3. The second-order valence-corrected chi connectivity index (χ2v) is 11.5. The first-order chi connectivity index (χ1) is 17.7. The van der Waals surface area contributed by atoms with Crippen molar-refractivity contribution in [1.29, 1.82) is 0 Å². The lowest BCUT2D eigenvalue weighted by Gasteiger charge is -2.29. The molecule has 1 aliphatic rings. The molecule has 5 rings (SSSR count). The van der Waals surface area contributed by atoms with E-state index < -0.39 is 0 Å². The van der Waals surface area contributed by atoms with E-state index in [1.165, 1.54) is 27.8 Å². The van der Waals surface area contributed by atoms with E-state index in [0.29, 0.717) is 0 Å². The number of anilines is 1. The van der Waals surface area contributed by atoms with Crippen LogP contribution >= 0.6 is 0 Å². The minimum absolute atomic E-state index is 0.101. The van der Waals surface area contributed by atoms with Crippen LogP contribution in [0.25, 0.3) is 17.2 Å². The maximum atomic E-state index is 5.20. The molecule has 0 aliphatic carbocycles. The zero-order valence-corrected chi connectivity index (χ0v) is 23.0. The molecule has 6 heteroatoms. The Balaban J connectivity index is 1.48. The topological polar surface area (TPSA) is 59.7 Å². The SMILES string of the molecule is Cc1ccc(C(C)(C)C)cc1Cc1nc(N2CCC(=Cc3ccncc3)CC2)nc2ncn(C(C)C)c12. The van der Waals surface area contributed by atoms with Crippen molar-refractivity contribution in [3.8, 4) is 0 Å². The van der Waals surface area contributed by atoms with Crippen molar-refractivity contribution in [3.05, 3.63) is 82.6 Å². The molecule has 4 aromatic rings. The lowest BCUT2D eigenvalue weighted by Crippen LogP contribution is -2.32. The first-order valence-electron chi connectivity index (χ1n) is 13.4. The molecule has 0 bridgehead atoms. The maximum absolute atomic E-state index is 5.20. The fourth-order valence-corrected chi connectivity index (χ4v) is 5.00. The Kier molecular flexibility index (Phi) is 6.84. The van der Waals surface area contributed by atoms with Crippen molar-refractivity contribution in [2.75, 3.05) is 18.0 Å². The molecule has 1 fully saturated rings. The number of aromatic nitrogens is 5. The van der Waals surface area contributed by atoms with Crippen LogP contribution in [0.5, 0.6) is 0 Å². The predicted molar refractivity (Wildman–Crippen MR) is 152 cm³/mol. The Morgan fingerprint density at radius 1 is 1.00 bits per heavy atom. The van der Waals surface area contributed by atoms with Crippen LogP contribution in [0.2, 0.25) is 0 Å². The van der Waals surface area contributed by atoms with Gasteiger partial charge in [-0.2, -0.15) is 4.98 Å². The average molecular weight is 495 g/mol. The molecule has 1 aromatic carbocycles. The van der Waals surface area contributed by atoms with Gasteiger partial charge in [0.15, 0.2) is 5.65 Å². The minimum Gasteiger partial charge on any atom is -0.340 e. The standard InChI is InChI=1S/C31H38N6/c1-21(2)37-20-33-29-28(37)27(19-25-18-26(31(4,5)6)8-7-22(25)3)34-30(35-29)36-15-11-24(12-16-36)17-23-9-13-32-14-10-23/h7-10,13-14,17-18,20-21H,11-12,15-16,19H2,1-6H3. The van der Waals surface area contributed by atoms with Crippen molar-refractivity contribution >= 4 is 23.2 Å². The predicted octanol–water partition coefficient (Wildman–Crippen LogP) is 6.68. The molecular weight excluding hydrogens is 456 g/mol. The van der Waals surface area contributed by atoms with Crippen LogP contribution in [-0.2, 0) is 11.8 Å². The normalized spacial score (nSPS) is 14.6. The Bertz CT molecular complexity index is 1420. The van der Waals surface area contributed by atoms with Crippen LogP contribution in [0.15, 0.2) is 54.6 Å².